The molecule has 0 spiro atoms. The largest absolute Gasteiger partial charge is 0.311 e. The van der Waals surface area contributed by atoms with Gasteiger partial charge in [0, 0.05) is 24.4 Å². The van der Waals surface area contributed by atoms with Crippen LogP contribution in [0.15, 0.2) is 0 Å². The van der Waals surface area contributed by atoms with Gasteiger partial charge in [-0.25, -0.2) is 0 Å². The molecule has 4 atom stereocenters. The Balaban J connectivity index is 2.03. The van der Waals surface area contributed by atoms with Crippen molar-refractivity contribution in [3.8, 4) is 0 Å². The van der Waals surface area contributed by atoms with Gasteiger partial charge in [0.1, 0.15) is 5.78 Å². The van der Waals surface area contributed by atoms with E-state index in [1.165, 1.54) is 19.3 Å². The van der Waals surface area contributed by atoms with Crippen molar-refractivity contribution in [2.45, 2.75) is 78.3 Å². The van der Waals surface area contributed by atoms with Crippen LogP contribution in [0.2, 0.25) is 0 Å². The van der Waals surface area contributed by atoms with E-state index in [0.29, 0.717) is 29.2 Å². The van der Waals surface area contributed by atoms with E-state index in [4.69, 9.17) is 0 Å². The fraction of sp³-hybridized carbons (Fsp3) is 0.938. The highest BCUT2D eigenvalue weighted by molar-refractivity contribution is 5.82. The first kappa shape index (κ1) is 14.0. The smallest absolute Gasteiger partial charge is 0.137 e. The van der Waals surface area contributed by atoms with Gasteiger partial charge in [-0.3, -0.25) is 4.79 Å². The highest BCUT2D eigenvalue weighted by Gasteiger charge is 2.39. The summed E-state index contributed by atoms with van der Waals surface area (Å²) in [5.41, 5.74) is 0.346. The third kappa shape index (κ3) is 3.14. The molecular formula is C16H29NO. The van der Waals surface area contributed by atoms with Crippen molar-refractivity contribution < 1.29 is 4.79 Å². The summed E-state index contributed by atoms with van der Waals surface area (Å²) in [6.45, 7) is 9.21. The molecule has 1 heterocycles. The lowest BCUT2D eigenvalue weighted by Crippen LogP contribution is -2.49. The Labute approximate surface area is 112 Å². The van der Waals surface area contributed by atoms with Gasteiger partial charge in [-0.05, 0) is 43.9 Å². The maximum atomic E-state index is 12.2. The molecule has 2 nitrogen and oxygen atoms in total. The van der Waals surface area contributed by atoms with Crippen LogP contribution in [0.1, 0.15) is 66.2 Å². The van der Waals surface area contributed by atoms with Crippen molar-refractivity contribution in [3.05, 3.63) is 0 Å². The summed E-state index contributed by atoms with van der Waals surface area (Å²) in [7, 11) is 0. The number of hydrogen-bond acceptors (Lipinski definition) is 2. The fourth-order valence-electron chi connectivity index (χ4n) is 3.73. The molecule has 2 rings (SSSR count). The first-order valence-corrected chi connectivity index (χ1v) is 7.66. The molecule has 0 radical (unpaired) electrons. The average Bonchev–Trinajstić information content (AvgIpc) is 2.28. The first-order valence-electron chi connectivity index (χ1n) is 7.66. The Morgan fingerprint density at radius 2 is 1.89 bits per heavy atom. The monoisotopic (exact) mass is 251 g/mol. The Hall–Kier alpha value is -0.370. The lowest BCUT2D eigenvalue weighted by Gasteiger charge is -2.42. The number of nitrogens with one attached hydrogen (secondary N) is 1. The molecule has 2 fully saturated rings. The second-order valence-electron chi connectivity index (χ2n) is 7.52. The number of Topliss-reactive ketones (excluding diaryl/α,β-unsaturated/α-hetero) is 1. The van der Waals surface area contributed by atoms with Crippen LogP contribution in [0.4, 0.5) is 0 Å². The Morgan fingerprint density at radius 3 is 2.50 bits per heavy atom. The molecule has 1 saturated carbocycles. The van der Waals surface area contributed by atoms with Gasteiger partial charge in [-0.15, -0.1) is 0 Å². The second-order valence-corrected chi connectivity index (χ2v) is 7.52. The van der Waals surface area contributed by atoms with Crippen molar-refractivity contribution in [1.82, 2.24) is 5.32 Å². The summed E-state index contributed by atoms with van der Waals surface area (Å²) in [6, 6.07) is 1.04. The van der Waals surface area contributed by atoms with Gasteiger partial charge in [0.25, 0.3) is 0 Å². The minimum absolute atomic E-state index is 0.283. The summed E-state index contributed by atoms with van der Waals surface area (Å²) >= 11 is 0. The summed E-state index contributed by atoms with van der Waals surface area (Å²) in [6.07, 6.45) is 6.74. The van der Waals surface area contributed by atoms with Crippen LogP contribution < -0.4 is 5.32 Å². The van der Waals surface area contributed by atoms with Crippen LogP contribution >= 0.6 is 0 Å². The molecule has 4 unspecified atom stereocenters. The zero-order valence-electron chi connectivity index (χ0n) is 12.5. The van der Waals surface area contributed by atoms with E-state index in [1.54, 1.807) is 0 Å². The van der Waals surface area contributed by atoms with Crippen LogP contribution in [0.3, 0.4) is 0 Å². The molecule has 0 amide bonds. The number of rotatable bonds is 1. The van der Waals surface area contributed by atoms with E-state index in [0.717, 1.165) is 19.3 Å². The van der Waals surface area contributed by atoms with E-state index in [9.17, 15) is 4.79 Å². The topological polar surface area (TPSA) is 29.1 Å². The zero-order valence-corrected chi connectivity index (χ0v) is 12.5. The third-order valence-corrected chi connectivity index (χ3v) is 5.05. The minimum atomic E-state index is 0.283. The van der Waals surface area contributed by atoms with Gasteiger partial charge in [0.15, 0.2) is 0 Å². The number of ketones is 1. The van der Waals surface area contributed by atoms with Crippen molar-refractivity contribution in [3.63, 3.8) is 0 Å². The van der Waals surface area contributed by atoms with E-state index in [-0.39, 0.29) is 5.92 Å². The molecule has 0 bridgehead atoms. The molecule has 0 aromatic heterocycles. The van der Waals surface area contributed by atoms with Crippen molar-refractivity contribution >= 4 is 5.78 Å². The van der Waals surface area contributed by atoms with Crippen molar-refractivity contribution in [2.24, 2.45) is 17.3 Å². The molecule has 2 heteroatoms. The number of piperidine rings is 1. The van der Waals surface area contributed by atoms with Crippen molar-refractivity contribution in [2.75, 3.05) is 0 Å². The molecular weight excluding hydrogens is 222 g/mol. The molecule has 1 aliphatic heterocycles. The maximum absolute atomic E-state index is 12.2. The molecule has 1 aliphatic carbocycles. The normalized spacial score (nSPS) is 38.8. The Kier molecular flexibility index (Phi) is 4.15. The van der Waals surface area contributed by atoms with Crippen molar-refractivity contribution in [1.29, 1.82) is 0 Å². The quantitative estimate of drug-likeness (QED) is 0.772. The Morgan fingerprint density at radius 1 is 1.17 bits per heavy atom. The standard InChI is InChI=1S/C16H29NO/c1-11-6-5-7-14(17-11)13-10-12(16(2,3)4)8-9-15(13)18/h11-14,17H,5-10H2,1-4H3. The fourth-order valence-corrected chi connectivity index (χ4v) is 3.73. The van der Waals surface area contributed by atoms with E-state index < -0.39 is 0 Å². The lowest BCUT2D eigenvalue weighted by atomic mass is 9.66. The molecule has 2 aliphatic rings. The number of carbonyl (C=O) groups is 1. The van der Waals surface area contributed by atoms with Crippen LogP contribution in [0.25, 0.3) is 0 Å². The average molecular weight is 251 g/mol. The Bertz CT molecular complexity index is 305. The van der Waals surface area contributed by atoms with Gasteiger partial charge >= 0.3 is 0 Å². The summed E-state index contributed by atoms with van der Waals surface area (Å²) in [5.74, 6) is 1.51. The predicted octanol–water partition coefficient (Wildman–Crippen LogP) is 3.55. The molecule has 1 N–H and O–H groups in total. The zero-order chi connectivity index (χ0) is 13.3. The van der Waals surface area contributed by atoms with Crippen LogP contribution in [0.5, 0.6) is 0 Å². The van der Waals surface area contributed by atoms with Gasteiger partial charge in [-0.1, -0.05) is 27.2 Å². The molecule has 0 aromatic rings. The van der Waals surface area contributed by atoms with Crippen LogP contribution in [-0.4, -0.2) is 17.9 Å². The third-order valence-electron chi connectivity index (χ3n) is 5.05. The minimum Gasteiger partial charge on any atom is -0.311 e. The SMILES string of the molecule is CC1CCCC(C2CC(C(C)(C)C)CCC2=O)N1. The van der Waals surface area contributed by atoms with Gasteiger partial charge in [-0.2, -0.15) is 0 Å². The highest BCUT2D eigenvalue weighted by Crippen LogP contribution is 2.41. The summed E-state index contributed by atoms with van der Waals surface area (Å²) in [4.78, 5) is 12.2. The predicted molar refractivity (Wildman–Crippen MR) is 75.5 cm³/mol. The molecule has 0 aromatic carbocycles. The highest BCUT2D eigenvalue weighted by atomic mass is 16.1. The van der Waals surface area contributed by atoms with E-state index in [2.05, 4.69) is 33.0 Å². The molecule has 104 valence electrons. The van der Waals surface area contributed by atoms with E-state index >= 15 is 0 Å². The maximum Gasteiger partial charge on any atom is 0.137 e. The van der Waals surface area contributed by atoms with Crippen LogP contribution in [0, 0.1) is 17.3 Å². The number of carbonyl (C=O) groups excluding carboxylic acids is 1. The van der Waals surface area contributed by atoms with Gasteiger partial charge in [0.2, 0.25) is 0 Å². The summed E-state index contributed by atoms with van der Waals surface area (Å²) < 4.78 is 0. The van der Waals surface area contributed by atoms with Gasteiger partial charge in [0.05, 0.1) is 0 Å². The molecule has 1 saturated heterocycles. The second kappa shape index (κ2) is 5.32. The first-order chi connectivity index (χ1) is 8.38. The number of hydrogen-bond donors (Lipinski definition) is 1. The molecule has 18 heavy (non-hydrogen) atoms. The van der Waals surface area contributed by atoms with Crippen LogP contribution in [-0.2, 0) is 4.79 Å². The van der Waals surface area contributed by atoms with Gasteiger partial charge < -0.3 is 5.32 Å². The lowest BCUT2D eigenvalue weighted by molar-refractivity contribution is -0.128. The summed E-state index contributed by atoms with van der Waals surface area (Å²) in [5, 5.41) is 3.67. The van der Waals surface area contributed by atoms with E-state index in [1.807, 2.05) is 0 Å².